The van der Waals surface area contributed by atoms with Crippen molar-refractivity contribution in [3.8, 4) is 0 Å². The molecule has 18 heavy (non-hydrogen) atoms. The molecule has 2 N–H and O–H groups in total. The van der Waals surface area contributed by atoms with E-state index in [-0.39, 0.29) is 0 Å². The number of nitrogens with one attached hydrogen (secondary N) is 2. The molecule has 0 amide bonds. The first-order valence-corrected chi connectivity index (χ1v) is 7.56. The predicted octanol–water partition coefficient (Wildman–Crippen LogP) is 1.11. The summed E-state index contributed by atoms with van der Waals surface area (Å²) in [4.78, 5) is 2.64. The van der Waals surface area contributed by atoms with E-state index >= 15 is 0 Å². The van der Waals surface area contributed by atoms with Gasteiger partial charge in [-0.2, -0.15) is 0 Å². The first-order valence-electron chi connectivity index (χ1n) is 7.15. The van der Waals surface area contributed by atoms with Crippen LogP contribution in [0.4, 0.5) is 0 Å². The zero-order valence-corrected chi connectivity index (χ0v) is 12.1. The Morgan fingerprint density at radius 3 is 2.50 bits per heavy atom. The number of likely N-dealkylation sites (tertiary alicyclic amines) is 1. The summed E-state index contributed by atoms with van der Waals surface area (Å²) in [5.41, 5.74) is 0. The van der Waals surface area contributed by atoms with Crippen LogP contribution in [0.15, 0.2) is 0 Å². The van der Waals surface area contributed by atoms with Crippen molar-refractivity contribution in [3.63, 3.8) is 0 Å². The van der Waals surface area contributed by atoms with Gasteiger partial charge >= 0.3 is 0 Å². The van der Waals surface area contributed by atoms with Crippen molar-refractivity contribution < 1.29 is 4.74 Å². The minimum absolute atomic E-state index is 0.549. The minimum Gasteiger partial charge on any atom is -0.381 e. The average molecular weight is 271 g/mol. The monoisotopic (exact) mass is 271 g/mol. The van der Waals surface area contributed by atoms with Crippen LogP contribution in [0.3, 0.4) is 0 Å². The Bertz CT molecular complexity index is 261. The van der Waals surface area contributed by atoms with Crippen LogP contribution in [0.25, 0.3) is 0 Å². The third-order valence-electron chi connectivity index (χ3n) is 3.91. The molecule has 0 unspecified atom stereocenters. The van der Waals surface area contributed by atoms with Gasteiger partial charge in [-0.3, -0.25) is 0 Å². The van der Waals surface area contributed by atoms with Crippen LogP contribution < -0.4 is 10.6 Å². The molecular weight excluding hydrogens is 246 g/mol. The van der Waals surface area contributed by atoms with Gasteiger partial charge in [0.25, 0.3) is 0 Å². The number of nitrogens with zero attached hydrogens (tertiary/aromatic N) is 1. The molecule has 2 saturated heterocycles. The summed E-state index contributed by atoms with van der Waals surface area (Å²) in [7, 11) is 0. The Kier molecular flexibility index (Phi) is 5.66. The fourth-order valence-corrected chi connectivity index (χ4v) is 3.17. The molecule has 0 aromatic carbocycles. The molecule has 2 fully saturated rings. The lowest BCUT2D eigenvalue weighted by molar-refractivity contribution is 0.0247. The summed E-state index contributed by atoms with van der Waals surface area (Å²) in [5.74, 6) is 0. The summed E-state index contributed by atoms with van der Waals surface area (Å²) < 4.78 is 5.43. The van der Waals surface area contributed by atoms with Gasteiger partial charge in [0.2, 0.25) is 0 Å². The van der Waals surface area contributed by atoms with Crippen molar-refractivity contribution in [3.05, 3.63) is 0 Å². The van der Waals surface area contributed by atoms with Gasteiger partial charge in [0.1, 0.15) is 0 Å². The van der Waals surface area contributed by atoms with E-state index in [1.807, 2.05) is 0 Å². The number of hydrogen-bond donors (Lipinski definition) is 2. The van der Waals surface area contributed by atoms with E-state index in [9.17, 15) is 0 Å². The van der Waals surface area contributed by atoms with E-state index in [0.29, 0.717) is 6.04 Å². The highest BCUT2D eigenvalue weighted by Crippen LogP contribution is 2.19. The lowest BCUT2D eigenvalue weighted by Crippen LogP contribution is -2.50. The van der Waals surface area contributed by atoms with Crippen LogP contribution in [0.5, 0.6) is 0 Å². The molecule has 0 spiro atoms. The van der Waals surface area contributed by atoms with Crippen LogP contribution in [-0.2, 0) is 4.74 Å². The standard InChI is InChI=1S/C13H25N3OS/c1-2-14-13(18)15-11-3-7-16(8-4-11)12-5-9-17-10-6-12/h11-12H,2-10H2,1H3,(H2,14,15,18). The van der Waals surface area contributed by atoms with Gasteiger partial charge in [0.05, 0.1) is 0 Å². The molecule has 2 rings (SSSR count). The average Bonchev–Trinajstić information content (AvgIpc) is 2.41. The number of ether oxygens (including phenoxy) is 1. The Balaban J connectivity index is 1.69. The predicted molar refractivity (Wildman–Crippen MR) is 77.8 cm³/mol. The van der Waals surface area contributed by atoms with Gasteiger partial charge in [-0.15, -0.1) is 0 Å². The van der Waals surface area contributed by atoms with Gasteiger partial charge in [0.15, 0.2) is 5.11 Å². The molecule has 2 aliphatic heterocycles. The van der Waals surface area contributed by atoms with E-state index in [4.69, 9.17) is 17.0 Å². The molecule has 5 heteroatoms. The van der Waals surface area contributed by atoms with Crippen LogP contribution in [0, 0.1) is 0 Å². The Labute approximate surface area is 115 Å². The molecule has 2 aliphatic rings. The number of hydrogen-bond acceptors (Lipinski definition) is 3. The van der Waals surface area contributed by atoms with Crippen molar-refractivity contribution in [1.29, 1.82) is 0 Å². The summed E-state index contributed by atoms with van der Waals surface area (Å²) in [6.45, 7) is 7.23. The highest BCUT2D eigenvalue weighted by atomic mass is 32.1. The molecule has 4 nitrogen and oxygen atoms in total. The molecule has 0 aliphatic carbocycles. The second-order valence-corrected chi connectivity index (χ2v) is 5.57. The molecule has 0 radical (unpaired) electrons. The molecular formula is C13H25N3OS. The van der Waals surface area contributed by atoms with E-state index in [2.05, 4.69) is 22.5 Å². The molecule has 0 atom stereocenters. The Morgan fingerprint density at radius 1 is 1.22 bits per heavy atom. The Morgan fingerprint density at radius 2 is 1.89 bits per heavy atom. The number of piperidine rings is 1. The molecule has 0 aromatic rings. The second kappa shape index (κ2) is 7.26. The third-order valence-corrected chi connectivity index (χ3v) is 4.17. The van der Waals surface area contributed by atoms with Crippen molar-refractivity contribution in [1.82, 2.24) is 15.5 Å². The van der Waals surface area contributed by atoms with E-state index < -0.39 is 0 Å². The summed E-state index contributed by atoms with van der Waals surface area (Å²) in [6, 6.07) is 1.30. The Hall–Kier alpha value is -0.390. The van der Waals surface area contributed by atoms with Crippen LogP contribution >= 0.6 is 12.2 Å². The molecule has 0 saturated carbocycles. The van der Waals surface area contributed by atoms with Gasteiger partial charge < -0.3 is 20.3 Å². The summed E-state index contributed by atoms with van der Waals surface area (Å²) in [5, 5.41) is 7.38. The van der Waals surface area contributed by atoms with Crippen molar-refractivity contribution in [2.75, 3.05) is 32.8 Å². The largest absolute Gasteiger partial charge is 0.381 e. The van der Waals surface area contributed by atoms with Crippen LogP contribution in [-0.4, -0.2) is 54.9 Å². The van der Waals surface area contributed by atoms with E-state index in [1.54, 1.807) is 0 Å². The maximum atomic E-state index is 5.43. The van der Waals surface area contributed by atoms with Crippen LogP contribution in [0.1, 0.15) is 32.6 Å². The molecule has 104 valence electrons. The third kappa shape index (κ3) is 4.07. The lowest BCUT2D eigenvalue weighted by atomic mass is 10.00. The maximum Gasteiger partial charge on any atom is 0.166 e. The highest BCUT2D eigenvalue weighted by Gasteiger charge is 2.26. The first-order chi connectivity index (χ1) is 8.79. The van der Waals surface area contributed by atoms with Crippen molar-refractivity contribution >= 4 is 17.3 Å². The maximum absolute atomic E-state index is 5.43. The quantitative estimate of drug-likeness (QED) is 0.752. The number of thiocarbonyl (C=S) groups is 1. The molecule has 0 aromatic heterocycles. The molecule has 0 bridgehead atoms. The zero-order chi connectivity index (χ0) is 12.8. The van der Waals surface area contributed by atoms with Gasteiger partial charge in [-0.25, -0.2) is 0 Å². The van der Waals surface area contributed by atoms with Gasteiger partial charge in [0, 0.05) is 44.9 Å². The van der Waals surface area contributed by atoms with Crippen molar-refractivity contribution in [2.24, 2.45) is 0 Å². The number of rotatable bonds is 3. The fourth-order valence-electron chi connectivity index (χ4n) is 2.86. The smallest absolute Gasteiger partial charge is 0.166 e. The first kappa shape index (κ1) is 14.0. The van der Waals surface area contributed by atoms with Gasteiger partial charge in [-0.1, -0.05) is 0 Å². The molecule has 2 heterocycles. The minimum atomic E-state index is 0.549. The summed E-state index contributed by atoms with van der Waals surface area (Å²) >= 11 is 5.24. The fraction of sp³-hybridized carbons (Fsp3) is 0.923. The van der Waals surface area contributed by atoms with Gasteiger partial charge in [-0.05, 0) is 44.8 Å². The van der Waals surface area contributed by atoms with Crippen molar-refractivity contribution in [2.45, 2.75) is 44.7 Å². The highest BCUT2D eigenvalue weighted by molar-refractivity contribution is 7.80. The van der Waals surface area contributed by atoms with Crippen LogP contribution in [0.2, 0.25) is 0 Å². The van der Waals surface area contributed by atoms with E-state index in [0.717, 1.165) is 30.9 Å². The SMILES string of the molecule is CCNC(=S)NC1CCN(C2CCOCC2)CC1. The zero-order valence-electron chi connectivity index (χ0n) is 11.3. The normalized spacial score (nSPS) is 23.8. The summed E-state index contributed by atoms with van der Waals surface area (Å²) in [6.07, 6.45) is 4.80. The van der Waals surface area contributed by atoms with E-state index in [1.165, 1.54) is 38.8 Å². The lowest BCUT2D eigenvalue weighted by Gasteiger charge is -2.39. The second-order valence-electron chi connectivity index (χ2n) is 5.16. The topological polar surface area (TPSA) is 36.5 Å².